The molecule has 1 unspecified atom stereocenters. The number of carbonyl (C=O) groups is 2. The summed E-state index contributed by atoms with van der Waals surface area (Å²) < 4.78 is 10.7. The Kier molecular flexibility index (Phi) is 12.7. The number of allylic oxidation sites excluding steroid dienone is 1. The van der Waals surface area contributed by atoms with Crippen molar-refractivity contribution in [3.8, 4) is 17.0 Å². The van der Waals surface area contributed by atoms with E-state index in [1.807, 2.05) is 31.2 Å². The normalized spacial score (nSPS) is 11.6. The third-order valence-corrected chi connectivity index (χ3v) is 5.72. The molecule has 0 bridgehead atoms. The van der Waals surface area contributed by atoms with Gasteiger partial charge >= 0.3 is 11.9 Å². The Balaban J connectivity index is 1.71. The van der Waals surface area contributed by atoms with E-state index in [2.05, 4.69) is 23.7 Å². The van der Waals surface area contributed by atoms with Gasteiger partial charge in [0.15, 0.2) is 0 Å². The number of pyridine rings is 1. The second-order valence-electron chi connectivity index (χ2n) is 8.69. The van der Waals surface area contributed by atoms with Crippen LogP contribution in [-0.4, -0.2) is 23.0 Å². The van der Waals surface area contributed by atoms with Crippen molar-refractivity contribution < 1.29 is 19.1 Å². The molecule has 2 rings (SSSR count). The lowest BCUT2D eigenvalue weighted by atomic mass is 10.0. The fourth-order valence-electron chi connectivity index (χ4n) is 3.64. The molecule has 1 aromatic heterocycles. The Morgan fingerprint density at radius 1 is 0.971 bits per heavy atom. The number of aryl methyl sites for hydroxylation is 1. The largest absolute Gasteiger partial charge is 0.463 e. The molecular formula is C29H39NO4. The van der Waals surface area contributed by atoms with Crippen molar-refractivity contribution in [3.63, 3.8) is 0 Å². The van der Waals surface area contributed by atoms with Crippen LogP contribution in [0.3, 0.4) is 0 Å². The molecule has 34 heavy (non-hydrogen) atoms. The minimum Gasteiger partial charge on any atom is -0.463 e. The van der Waals surface area contributed by atoms with Crippen LogP contribution in [0, 0.1) is 0 Å². The highest BCUT2D eigenvalue weighted by Crippen LogP contribution is 2.21. The van der Waals surface area contributed by atoms with Gasteiger partial charge in [0, 0.05) is 18.4 Å². The molecule has 1 aromatic carbocycles. The molecule has 184 valence electrons. The van der Waals surface area contributed by atoms with Crippen LogP contribution in [0.25, 0.3) is 11.3 Å². The summed E-state index contributed by atoms with van der Waals surface area (Å²) in [5, 5.41) is 0. The highest BCUT2D eigenvalue weighted by molar-refractivity contribution is 5.72. The summed E-state index contributed by atoms with van der Waals surface area (Å²) in [7, 11) is 0. The number of hydrogen-bond acceptors (Lipinski definition) is 5. The minimum absolute atomic E-state index is 0.0866. The Hall–Kier alpha value is -2.95. The lowest BCUT2D eigenvalue weighted by Crippen LogP contribution is -2.14. The van der Waals surface area contributed by atoms with E-state index >= 15 is 0 Å². The zero-order chi connectivity index (χ0) is 24.6. The van der Waals surface area contributed by atoms with Crippen LogP contribution in [-0.2, 0) is 20.7 Å². The van der Waals surface area contributed by atoms with Gasteiger partial charge in [-0.05, 0) is 56.7 Å². The summed E-state index contributed by atoms with van der Waals surface area (Å²) in [5.74, 6) is 0.114. The van der Waals surface area contributed by atoms with E-state index in [-0.39, 0.29) is 18.0 Å². The summed E-state index contributed by atoms with van der Waals surface area (Å²) in [4.78, 5) is 27.9. The van der Waals surface area contributed by atoms with Crippen molar-refractivity contribution in [2.24, 2.45) is 0 Å². The standard InChI is InChI=1S/C29H39NO4/c1-4-6-7-8-9-10-11-12-13-29(32)34-26-20-21-27(30-22-26)25-18-16-24(17-19-25)15-14-23(3)33-28(31)5-2/h4,16-23H,1,5-15H2,2-3H3. The topological polar surface area (TPSA) is 65.5 Å². The maximum Gasteiger partial charge on any atom is 0.311 e. The maximum atomic E-state index is 12.1. The molecule has 0 spiro atoms. The zero-order valence-corrected chi connectivity index (χ0v) is 20.8. The number of benzene rings is 1. The molecule has 5 heteroatoms. The highest BCUT2D eigenvalue weighted by Gasteiger charge is 2.09. The van der Waals surface area contributed by atoms with Crippen LogP contribution in [0.2, 0.25) is 0 Å². The summed E-state index contributed by atoms with van der Waals surface area (Å²) >= 11 is 0. The van der Waals surface area contributed by atoms with Crippen LogP contribution in [0.4, 0.5) is 0 Å². The van der Waals surface area contributed by atoms with Crippen molar-refractivity contribution in [3.05, 3.63) is 60.8 Å². The molecule has 0 aliphatic heterocycles. The zero-order valence-electron chi connectivity index (χ0n) is 20.8. The van der Waals surface area contributed by atoms with Crippen molar-refractivity contribution in [1.82, 2.24) is 4.98 Å². The molecule has 0 amide bonds. The lowest BCUT2D eigenvalue weighted by molar-refractivity contribution is -0.148. The van der Waals surface area contributed by atoms with Gasteiger partial charge in [-0.3, -0.25) is 14.6 Å². The number of nitrogens with zero attached hydrogens (tertiary/aromatic N) is 1. The smallest absolute Gasteiger partial charge is 0.311 e. The van der Waals surface area contributed by atoms with E-state index in [0.29, 0.717) is 18.6 Å². The maximum absolute atomic E-state index is 12.1. The molecule has 0 saturated heterocycles. The number of rotatable bonds is 16. The highest BCUT2D eigenvalue weighted by atomic mass is 16.5. The van der Waals surface area contributed by atoms with Gasteiger partial charge < -0.3 is 9.47 Å². The molecule has 0 aliphatic rings. The third kappa shape index (κ3) is 10.8. The van der Waals surface area contributed by atoms with E-state index < -0.39 is 0 Å². The van der Waals surface area contributed by atoms with Gasteiger partial charge in [-0.15, -0.1) is 6.58 Å². The Morgan fingerprint density at radius 2 is 1.68 bits per heavy atom. The third-order valence-electron chi connectivity index (χ3n) is 5.72. The molecule has 5 nitrogen and oxygen atoms in total. The van der Waals surface area contributed by atoms with Crippen molar-refractivity contribution in [2.75, 3.05) is 0 Å². The van der Waals surface area contributed by atoms with E-state index in [1.54, 1.807) is 19.2 Å². The fraction of sp³-hybridized carbons (Fsp3) is 0.483. The van der Waals surface area contributed by atoms with Crippen LogP contribution >= 0.6 is 0 Å². The number of unbranched alkanes of at least 4 members (excludes halogenated alkanes) is 6. The summed E-state index contributed by atoms with van der Waals surface area (Å²) in [6.07, 6.45) is 13.8. The lowest BCUT2D eigenvalue weighted by Gasteiger charge is -2.12. The van der Waals surface area contributed by atoms with Gasteiger partial charge in [0.2, 0.25) is 0 Å². The molecule has 0 aliphatic carbocycles. The number of aromatic nitrogens is 1. The van der Waals surface area contributed by atoms with Gasteiger partial charge in [-0.25, -0.2) is 0 Å². The second kappa shape index (κ2) is 15.8. The van der Waals surface area contributed by atoms with Gasteiger partial charge in [-0.1, -0.05) is 62.9 Å². The first-order chi connectivity index (χ1) is 16.5. The van der Waals surface area contributed by atoms with E-state index in [4.69, 9.17) is 9.47 Å². The van der Waals surface area contributed by atoms with Gasteiger partial charge in [-0.2, -0.15) is 0 Å². The quantitative estimate of drug-likeness (QED) is 0.149. The van der Waals surface area contributed by atoms with Crippen molar-refractivity contribution >= 4 is 11.9 Å². The Morgan fingerprint density at radius 3 is 2.32 bits per heavy atom. The van der Waals surface area contributed by atoms with E-state index in [0.717, 1.165) is 49.8 Å². The van der Waals surface area contributed by atoms with Gasteiger partial charge in [0.1, 0.15) is 5.75 Å². The fourth-order valence-corrected chi connectivity index (χ4v) is 3.64. The first-order valence-electron chi connectivity index (χ1n) is 12.6. The van der Waals surface area contributed by atoms with Crippen LogP contribution < -0.4 is 4.74 Å². The Bertz CT molecular complexity index is 874. The second-order valence-corrected chi connectivity index (χ2v) is 8.69. The van der Waals surface area contributed by atoms with Crippen LogP contribution in [0.15, 0.2) is 55.3 Å². The molecule has 1 atom stereocenters. The first kappa shape index (κ1) is 27.3. The van der Waals surface area contributed by atoms with E-state index in [1.165, 1.54) is 24.8 Å². The Labute approximate surface area is 204 Å². The predicted molar refractivity (Wildman–Crippen MR) is 137 cm³/mol. The molecule has 0 radical (unpaired) electrons. The SMILES string of the molecule is C=CCCCCCCCCC(=O)Oc1ccc(-c2ccc(CCC(C)OC(=O)CC)cc2)nc1. The first-order valence-corrected chi connectivity index (χ1v) is 12.6. The van der Waals surface area contributed by atoms with Crippen LogP contribution in [0.5, 0.6) is 5.75 Å². The summed E-state index contributed by atoms with van der Waals surface area (Å²) in [6.45, 7) is 7.46. The number of esters is 2. The number of carbonyl (C=O) groups excluding carboxylic acids is 2. The number of hydrogen-bond donors (Lipinski definition) is 0. The van der Waals surface area contributed by atoms with Crippen molar-refractivity contribution in [1.29, 1.82) is 0 Å². The van der Waals surface area contributed by atoms with E-state index in [9.17, 15) is 9.59 Å². The van der Waals surface area contributed by atoms with Gasteiger partial charge in [0.25, 0.3) is 0 Å². The summed E-state index contributed by atoms with van der Waals surface area (Å²) in [5.41, 5.74) is 3.01. The molecule has 1 heterocycles. The molecule has 0 N–H and O–H groups in total. The molecule has 0 saturated carbocycles. The minimum atomic E-state index is -0.204. The van der Waals surface area contributed by atoms with Crippen molar-refractivity contribution in [2.45, 2.75) is 90.6 Å². The average Bonchev–Trinajstić information content (AvgIpc) is 2.85. The summed E-state index contributed by atoms with van der Waals surface area (Å²) in [6, 6.07) is 11.9. The monoisotopic (exact) mass is 465 g/mol. The number of ether oxygens (including phenoxy) is 2. The predicted octanol–water partition coefficient (Wildman–Crippen LogP) is 7.24. The molecule has 0 fully saturated rings. The molecular weight excluding hydrogens is 426 g/mol. The molecule has 2 aromatic rings. The van der Waals surface area contributed by atoms with Crippen LogP contribution in [0.1, 0.15) is 83.6 Å². The average molecular weight is 466 g/mol. The van der Waals surface area contributed by atoms with Gasteiger partial charge in [0.05, 0.1) is 18.0 Å².